The van der Waals surface area contributed by atoms with Crippen LogP contribution in [0.25, 0.3) is 0 Å². The van der Waals surface area contributed by atoms with E-state index < -0.39 is 46.2 Å². The van der Waals surface area contributed by atoms with E-state index in [-0.39, 0.29) is 12.2 Å². The normalized spacial score (nSPS) is 12.7. The SMILES string of the molecule is CCNC(=O)[C@@H](C)N(Cc1cccc(Cl)c1)C(=O)CN(c1cccc(C(F)(F)F)c1)S(C)(=O)=O. The number of nitrogens with zero attached hydrogens (tertiary/aromatic N) is 2. The minimum atomic E-state index is -4.70. The van der Waals surface area contributed by atoms with Crippen molar-refractivity contribution in [2.45, 2.75) is 32.6 Å². The minimum absolute atomic E-state index is 0.0715. The predicted octanol–water partition coefficient (Wildman–Crippen LogP) is 3.68. The van der Waals surface area contributed by atoms with Crippen molar-refractivity contribution in [3.63, 3.8) is 0 Å². The molecule has 0 aliphatic carbocycles. The monoisotopic (exact) mass is 519 g/mol. The number of alkyl halides is 3. The summed E-state index contributed by atoms with van der Waals surface area (Å²) in [7, 11) is -4.15. The van der Waals surface area contributed by atoms with Crippen LogP contribution < -0.4 is 9.62 Å². The molecular formula is C22H25ClF3N3O4S. The maximum Gasteiger partial charge on any atom is 0.416 e. The molecule has 12 heteroatoms. The van der Waals surface area contributed by atoms with Gasteiger partial charge in [-0.25, -0.2) is 8.42 Å². The van der Waals surface area contributed by atoms with Crippen molar-refractivity contribution in [3.8, 4) is 0 Å². The van der Waals surface area contributed by atoms with Crippen LogP contribution in [0.1, 0.15) is 25.0 Å². The number of hydrogen-bond acceptors (Lipinski definition) is 4. The van der Waals surface area contributed by atoms with E-state index >= 15 is 0 Å². The first kappa shape index (κ1) is 27.5. The van der Waals surface area contributed by atoms with Gasteiger partial charge in [-0.2, -0.15) is 13.2 Å². The van der Waals surface area contributed by atoms with E-state index in [2.05, 4.69) is 5.32 Å². The number of sulfonamides is 1. The van der Waals surface area contributed by atoms with Crippen molar-refractivity contribution in [3.05, 3.63) is 64.7 Å². The summed E-state index contributed by atoms with van der Waals surface area (Å²) in [5.74, 6) is -1.25. The van der Waals surface area contributed by atoms with Gasteiger partial charge in [0.15, 0.2) is 0 Å². The summed E-state index contributed by atoms with van der Waals surface area (Å²) in [6.45, 7) is 2.61. The molecule has 34 heavy (non-hydrogen) atoms. The third kappa shape index (κ3) is 7.36. The molecule has 0 bridgehead atoms. The van der Waals surface area contributed by atoms with Crippen molar-refractivity contribution in [2.24, 2.45) is 0 Å². The lowest BCUT2D eigenvalue weighted by molar-refractivity contribution is -0.139. The summed E-state index contributed by atoms with van der Waals surface area (Å²) in [5, 5.41) is 3.00. The number of halogens is 4. The summed E-state index contributed by atoms with van der Waals surface area (Å²) < 4.78 is 64.9. The predicted molar refractivity (Wildman–Crippen MR) is 124 cm³/mol. The summed E-state index contributed by atoms with van der Waals surface area (Å²) in [6.07, 6.45) is -3.91. The van der Waals surface area contributed by atoms with Gasteiger partial charge in [0, 0.05) is 18.1 Å². The van der Waals surface area contributed by atoms with E-state index in [1.807, 2.05) is 0 Å². The highest BCUT2D eigenvalue weighted by Crippen LogP contribution is 2.32. The third-order valence-corrected chi connectivity index (χ3v) is 6.28. The second-order valence-corrected chi connectivity index (χ2v) is 9.88. The number of carbonyl (C=O) groups excluding carboxylic acids is 2. The molecule has 0 fully saturated rings. The van der Waals surface area contributed by atoms with Crippen LogP contribution in [0.15, 0.2) is 48.5 Å². The first-order valence-electron chi connectivity index (χ1n) is 10.2. The van der Waals surface area contributed by atoms with Gasteiger partial charge >= 0.3 is 6.18 Å². The number of hydrogen-bond donors (Lipinski definition) is 1. The van der Waals surface area contributed by atoms with Crippen molar-refractivity contribution in [1.29, 1.82) is 0 Å². The minimum Gasteiger partial charge on any atom is -0.355 e. The highest BCUT2D eigenvalue weighted by Gasteiger charge is 2.33. The van der Waals surface area contributed by atoms with Crippen LogP contribution in [0.2, 0.25) is 5.02 Å². The Balaban J connectivity index is 2.44. The molecule has 0 aromatic heterocycles. The summed E-state index contributed by atoms with van der Waals surface area (Å²) in [4.78, 5) is 26.9. The number of nitrogens with one attached hydrogen (secondary N) is 1. The van der Waals surface area contributed by atoms with E-state index in [0.29, 0.717) is 27.5 Å². The van der Waals surface area contributed by atoms with Crippen LogP contribution >= 0.6 is 11.6 Å². The van der Waals surface area contributed by atoms with E-state index in [0.717, 1.165) is 29.4 Å². The lowest BCUT2D eigenvalue weighted by Gasteiger charge is -2.31. The van der Waals surface area contributed by atoms with Gasteiger partial charge in [-0.3, -0.25) is 13.9 Å². The van der Waals surface area contributed by atoms with Gasteiger partial charge in [0.1, 0.15) is 12.6 Å². The Labute approximate surface area is 201 Å². The van der Waals surface area contributed by atoms with Gasteiger partial charge < -0.3 is 10.2 Å². The smallest absolute Gasteiger partial charge is 0.355 e. The molecule has 0 aliphatic rings. The number of rotatable bonds is 9. The van der Waals surface area contributed by atoms with Crippen molar-refractivity contribution < 1.29 is 31.2 Å². The largest absolute Gasteiger partial charge is 0.416 e. The average Bonchev–Trinajstić information content (AvgIpc) is 2.74. The van der Waals surface area contributed by atoms with Gasteiger partial charge in [-0.1, -0.05) is 29.8 Å². The Bertz CT molecular complexity index is 1140. The molecule has 0 spiro atoms. The Morgan fingerprint density at radius 1 is 1.12 bits per heavy atom. The zero-order chi connectivity index (χ0) is 25.7. The van der Waals surface area contributed by atoms with Crippen LogP contribution in [-0.4, -0.2) is 50.5 Å². The molecule has 1 atom stereocenters. The van der Waals surface area contributed by atoms with E-state index in [9.17, 15) is 31.2 Å². The maximum atomic E-state index is 13.3. The van der Waals surface area contributed by atoms with Gasteiger partial charge in [0.05, 0.1) is 17.5 Å². The number of amides is 2. The number of benzene rings is 2. The number of likely N-dealkylation sites (N-methyl/N-ethyl adjacent to an activating group) is 1. The van der Waals surface area contributed by atoms with Crippen LogP contribution in [-0.2, 0) is 32.3 Å². The lowest BCUT2D eigenvalue weighted by atomic mass is 10.1. The van der Waals surface area contributed by atoms with E-state index in [4.69, 9.17) is 11.6 Å². The van der Waals surface area contributed by atoms with Crippen LogP contribution in [0.3, 0.4) is 0 Å². The second-order valence-electron chi connectivity index (χ2n) is 7.54. The summed E-state index contributed by atoms with van der Waals surface area (Å²) in [6, 6.07) is 9.24. The average molecular weight is 520 g/mol. The molecule has 0 saturated heterocycles. The first-order valence-corrected chi connectivity index (χ1v) is 12.4. The second kappa shape index (κ2) is 11.1. The Hall–Kier alpha value is -2.79. The Kier molecular flexibility index (Phi) is 8.96. The summed E-state index contributed by atoms with van der Waals surface area (Å²) >= 11 is 6.01. The molecule has 0 heterocycles. The van der Waals surface area contributed by atoms with Gasteiger partial charge in [-0.15, -0.1) is 0 Å². The fraction of sp³-hybridized carbons (Fsp3) is 0.364. The zero-order valence-corrected chi connectivity index (χ0v) is 20.3. The third-order valence-electron chi connectivity index (χ3n) is 4.90. The molecule has 0 saturated carbocycles. The van der Waals surface area contributed by atoms with Crippen LogP contribution in [0, 0.1) is 0 Å². The molecular weight excluding hydrogens is 495 g/mol. The van der Waals surface area contributed by atoms with Crippen molar-refractivity contribution >= 4 is 39.1 Å². The van der Waals surface area contributed by atoms with Gasteiger partial charge in [-0.05, 0) is 49.7 Å². The molecule has 2 amide bonds. The topological polar surface area (TPSA) is 86.8 Å². The van der Waals surface area contributed by atoms with E-state index in [1.54, 1.807) is 31.2 Å². The van der Waals surface area contributed by atoms with Crippen LogP contribution in [0.5, 0.6) is 0 Å². The molecule has 7 nitrogen and oxygen atoms in total. The van der Waals surface area contributed by atoms with Crippen molar-refractivity contribution in [2.75, 3.05) is 23.7 Å². The van der Waals surface area contributed by atoms with E-state index in [1.165, 1.54) is 6.92 Å². The number of carbonyl (C=O) groups is 2. The molecule has 0 aliphatic heterocycles. The fourth-order valence-corrected chi connectivity index (χ4v) is 4.24. The first-order chi connectivity index (χ1) is 15.7. The Morgan fingerprint density at radius 2 is 1.76 bits per heavy atom. The molecule has 2 aromatic rings. The van der Waals surface area contributed by atoms with Crippen LogP contribution in [0.4, 0.5) is 18.9 Å². The van der Waals surface area contributed by atoms with Crippen molar-refractivity contribution in [1.82, 2.24) is 10.2 Å². The van der Waals surface area contributed by atoms with Gasteiger partial charge in [0.2, 0.25) is 21.8 Å². The molecule has 0 unspecified atom stereocenters. The molecule has 1 N–H and O–H groups in total. The maximum absolute atomic E-state index is 13.3. The molecule has 2 rings (SSSR count). The highest BCUT2D eigenvalue weighted by atomic mass is 35.5. The lowest BCUT2D eigenvalue weighted by Crippen LogP contribution is -2.51. The molecule has 186 valence electrons. The quantitative estimate of drug-likeness (QED) is 0.547. The fourth-order valence-electron chi connectivity index (χ4n) is 3.19. The highest BCUT2D eigenvalue weighted by molar-refractivity contribution is 7.92. The molecule has 2 aromatic carbocycles. The standard InChI is InChI=1S/C22H25ClF3N3O4S/c1-4-27-21(31)15(2)28(13-16-7-5-9-18(23)11-16)20(30)14-29(34(3,32)33)19-10-6-8-17(12-19)22(24,25)26/h5-12,15H,4,13-14H2,1-3H3,(H,27,31)/t15-/m1/s1. The zero-order valence-electron chi connectivity index (χ0n) is 18.8. The van der Waals surface area contributed by atoms with Gasteiger partial charge in [0.25, 0.3) is 0 Å². The molecule has 0 radical (unpaired) electrons. The number of anilines is 1. The Morgan fingerprint density at radius 3 is 2.32 bits per heavy atom. The summed E-state index contributed by atoms with van der Waals surface area (Å²) in [5.41, 5.74) is -0.793.